The van der Waals surface area contributed by atoms with Gasteiger partial charge in [0.1, 0.15) is 5.75 Å². The summed E-state index contributed by atoms with van der Waals surface area (Å²) in [5, 5.41) is 0.774. The number of halogens is 2. The minimum atomic E-state index is 0.0666. The van der Waals surface area contributed by atoms with E-state index in [1.807, 2.05) is 42.6 Å². The second kappa shape index (κ2) is 13.1. The van der Waals surface area contributed by atoms with Crippen LogP contribution in [0.25, 0.3) is 0 Å². The lowest BCUT2D eigenvalue weighted by Crippen LogP contribution is -2.50. The van der Waals surface area contributed by atoms with Crippen molar-refractivity contribution in [3.63, 3.8) is 0 Å². The first-order valence-electron chi connectivity index (χ1n) is 14.9. The van der Waals surface area contributed by atoms with Crippen molar-refractivity contribution in [1.82, 2.24) is 19.7 Å². The standard InChI is InChI=1S/C33H37BrClN5O2/c1-36-33(42-28-5-3-2-4-6-28)40-13-11-23(12-14-40)19-30(41)38-15-17-39(18-16-38)32-29-10-9-27(35)21-24(29)7-8-25-20-26(34)22-37-31(25)32/h2-6,9-10,20-23,32H,7-8,11-19H2,1H3. The number of benzene rings is 2. The quantitative estimate of drug-likeness (QED) is 0.256. The molecule has 0 N–H and O–H groups in total. The highest BCUT2D eigenvalue weighted by Gasteiger charge is 2.34. The van der Waals surface area contributed by atoms with Gasteiger partial charge in [-0.15, -0.1) is 0 Å². The minimum absolute atomic E-state index is 0.0666. The van der Waals surface area contributed by atoms with Crippen LogP contribution in [0, 0.1) is 5.92 Å². The molecule has 9 heteroatoms. The largest absolute Gasteiger partial charge is 0.426 e. The molecule has 1 aliphatic carbocycles. The second-order valence-corrected chi connectivity index (χ2v) is 12.8. The van der Waals surface area contributed by atoms with E-state index >= 15 is 0 Å². The summed E-state index contributed by atoms with van der Waals surface area (Å²) in [6, 6.07) is 19.0. The van der Waals surface area contributed by atoms with Crippen LogP contribution in [0.3, 0.4) is 0 Å². The molecule has 7 nitrogen and oxygen atoms in total. The number of aromatic nitrogens is 1. The third kappa shape index (κ3) is 6.51. The number of likely N-dealkylation sites (tertiary alicyclic amines) is 1. The first kappa shape index (κ1) is 29.1. The molecule has 1 atom stereocenters. The van der Waals surface area contributed by atoms with Crippen LogP contribution >= 0.6 is 27.5 Å². The van der Waals surface area contributed by atoms with Crippen LogP contribution in [0.5, 0.6) is 5.75 Å². The van der Waals surface area contributed by atoms with Gasteiger partial charge < -0.3 is 14.5 Å². The molecule has 1 unspecified atom stereocenters. The molecule has 42 heavy (non-hydrogen) atoms. The van der Waals surface area contributed by atoms with Gasteiger partial charge in [0.15, 0.2) is 0 Å². The van der Waals surface area contributed by atoms with E-state index in [1.54, 1.807) is 7.05 Å². The van der Waals surface area contributed by atoms with Crippen LogP contribution in [0.15, 0.2) is 70.3 Å². The molecule has 0 spiro atoms. The zero-order valence-electron chi connectivity index (χ0n) is 24.0. The number of ether oxygens (including phenoxy) is 1. The maximum Gasteiger partial charge on any atom is 0.292 e. The number of nitrogens with zero attached hydrogens (tertiary/aromatic N) is 5. The van der Waals surface area contributed by atoms with Crippen LogP contribution in [0.4, 0.5) is 0 Å². The van der Waals surface area contributed by atoms with Crippen molar-refractivity contribution < 1.29 is 9.53 Å². The Labute approximate surface area is 261 Å². The van der Waals surface area contributed by atoms with Crippen LogP contribution in [-0.4, -0.2) is 77.9 Å². The molecule has 220 valence electrons. The number of carbonyl (C=O) groups excluding carboxylic acids is 1. The first-order valence-corrected chi connectivity index (χ1v) is 16.0. The Hall–Kier alpha value is -2.94. The fourth-order valence-electron chi connectivity index (χ4n) is 6.56. The Morgan fingerprint density at radius 1 is 0.976 bits per heavy atom. The average Bonchev–Trinajstić information content (AvgIpc) is 3.17. The van der Waals surface area contributed by atoms with Gasteiger partial charge in [-0.2, -0.15) is 0 Å². The maximum absolute atomic E-state index is 13.4. The lowest BCUT2D eigenvalue weighted by molar-refractivity contribution is -0.134. The zero-order valence-corrected chi connectivity index (χ0v) is 26.4. The number of carbonyl (C=O) groups is 1. The number of fused-ring (bicyclic) bond motifs is 2. The van der Waals surface area contributed by atoms with Gasteiger partial charge in [0.2, 0.25) is 5.91 Å². The molecule has 0 radical (unpaired) electrons. The Kier molecular flexibility index (Phi) is 9.12. The Bertz CT molecular complexity index is 1380. The number of amides is 1. The van der Waals surface area contributed by atoms with E-state index in [0.717, 1.165) is 85.9 Å². The fraction of sp³-hybridized carbons (Fsp3) is 0.424. The molecule has 3 aliphatic rings. The molecule has 3 aromatic rings. The number of para-hydroxylation sites is 1. The Morgan fingerprint density at radius 3 is 2.45 bits per heavy atom. The topological polar surface area (TPSA) is 61.3 Å². The van der Waals surface area contributed by atoms with Gasteiger partial charge in [0.05, 0.1) is 11.7 Å². The maximum atomic E-state index is 13.4. The summed E-state index contributed by atoms with van der Waals surface area (Å²) in [5.41, 5.74) is 4.97. The molecule has 0 bridgehead atoms. The summed E-state index contributed by atoms with van der Waals surface area (Å²) >= 11 is 10.0. The highest BCUT2D eigenvalue weighted by Crippen LogP contribution is 2.38. The summed E-state index contributed by atoms with van der Waals surface area (Å²) in [4.78, 5) is 29.4. The summed E-state index contributed by atoms with van der Waals surface area (Å²) in [5.74, 6) is 1.45. The zero-order chi connectivity index (χ0) is 29.1. The molecular formula is C33H37BrClN5O2. The summed E-state index contributed by atoms with van der Waals surface area (Å²) < 4.78 is 7.03. The van der Waals surface area contributed by atoms with Crippen LogP contribution in [0.2, 0.25) is 5.02 Å². The molecular weight excluding hydrogens is 614 g/mol. The monoisotopic (exact) mass is 649 g/mol. The predicted molar refractivity (Wildman–Crippen MR) is 170 cm³/mol. The van der Waals surface area contributed by atoms with E-state index in [1.165, 1.54) is 16.7 Å². The van der Waals surface area contributed by atoms with Gasteiger partial charge in [0.25, 0.3) is 6.02 Å². The lowest BCUT2D eigenvalue weighted by atomic mass is 9.93. The van der Waals surface area contributed by atoms with E-state index in [-0.39, 0.29) is 11.9 Å². The second-order valence-electron chi connectivity index (χ2n) is 11.4. The number of rotatable bonds is 4. The molecule has 2 fully saturated rings. The molecule has 2 aromatic carbocycles. The molecule has 1 amide bonds. The highest BCUT2D eigenvalue weighted by atomic mass is 79.9. The minimum Gasteiger partial charge on any atom is -0.426 e. The highest BCUT2D eigenvalue weighted by molar-refractivity contribution is 9.10. The summed E-state index contributed by atoms with van der Waals surface area (Å²) in [6.07, 6.45) is 6.31. The number of hydrogen-bond donors (Lipinski definition) is 0. The molecule has 2 aliphatic heterocycles. The van der Waals surface area contributed by atoms with Crippen LogP contribution in [-0.2, 0) is 17.6 Å². The molecule has 2 saturated heterocycles. The van der Waals surface area contributed by atoms with Gasteiger partial charge in [0, 0.05) is 68.4 Å². The number of pyridine rings is 1. The molecule has 0 saturated carbocycles. The normalized spacial score (nSPS) is 20.1. The van der Waals surface area contributed by atoms with E-state index < -0.39 is 0 Å². The van der Waals surface area contributed by atoms with Crippen LogP contribution in [0.1, 0.15) is 47.7 Å². The van der Waals surface area contributed by atoms with E-state index in [2.05, 4.69) is 53.8 Å². The summed E-state index contributed by atoms with van der Waals surface area (Å²) in [7, 11) is 1.77. The fourth-order valence-corrected chi connectivity index (χ4v) is 7.13. The SMILES string of the molecule is CN=C(Oc1ccccc1)N1CCC(CC(=O)N2CCN(C3c4ccc(Cl)cc4CCc4cc(Br)cnc43)CC2)CC1. The molecule has 6 rings (SSSR count). The van der Waals surface area contributed by atoms with Crippen molar-refractivity contribution in [1.29, 1.82) is 0 Å². The number of aliphatic imine (C=N–C) groups is 1. The summed E-state index contributed by atoms with van der Waals surface area (Å²) in [6.45, 7) is 4.81. The first-order chi connectivity index (χ1) is 20.5. The molecule has 3 heterocycles. The number of hydrogen-bond acceptors (Lipinski definition) is 5. The Morgan fingerprint density at radius 2 is 1.71 bits per heavy atom. The third-order valence-electron chi connectivity index (χ3n) is 8.81. The number of piperidine rings is 1. The average molecular weight is 651 g/mol. The van der Waals surface area contributed by atoms with Crippen molar-refractivity contribution in [2.75, 3.05) is 46.3 Å². The van der Waals surface area contributed by atoms with Crippen molar-refractivity contribution >= 4 is 39.5 Å². The lowest BCUT2D eigenvalue weighted by Gasteiger charge is -2.40. The number of aryl methyl sites for hydroxylation is 2. The van der Waals surface area contributed by atoms with E-state index in [9.17, 15) is 4.79 Å². The smallest absolute Gasteiger partial charge is 0.292 e. The van der Waals surface area contributed by atoms with Crippen molar-refractivity contribution in [3.8, 4) is 5.75 Å². The van der Waals surface area contributed by atoms with Crippen LogP contribution < -0.4 is 4.74 Å². The van der Waals surface area contributed by atoms with Gasteiger partial charge in [-0.25, -0.2) is 4.99 Å². The van der Waals surface area contributed by atoms with Gasteiger partial charge in [-0.1, -0.05) is 35.9 Å². The van der Waals surface area contributed by atoms with Crippen molar-refractivity contribution in [2.24, 2.45) is 10.9 Å². The number of piperazine rings is 1. The Balaban J connectivity index is 1.05. The van der Waals surface area contributed by atoms with Gasteiger partial charge in [-0.3, -0.25) is 14.7 Å². The van der Waals surface area contributed by atoms with Gasteiger partial charge in [-0.05, 0) is 94.6 Å². The number of amidine groups is 1. The third-order valence-corrected chi connectivity index (χ3v) is 9.48. The van der Waals surface area contributed by atoms with Crippen molar-refractivity contribution in [3.05, 3.63) is 92.7 Å². The van der Waals surface area contributed by atoms with E-state index in [4.69, 9.17) is 21.3 Å². The predicted octanol–water partition coefficient (Wildman–Crippen LogP) is 6.00. The molecule has 1 aromatic heterocycles. The van der Waals surface area contributed by atoms with Crippen molar-refractivity contribution in [2.45, 2.75) is 38.1 Å². The van der Waals surface area contributed by atoms with Gasteiger partial charge >= 0.3 is 0 Å². The van der Waals surface area contributed by atoms with E-state index in [0.29, 0.717) is 18.4 Å².